The maximum atomic E-state index is 9.42. The molecule has 4 rings (SSSR count). The fraction of sp³-hybridized carbons (Fsp3) is 0.556. The molecule has 0 saturated carbocycles. The molecule has 0 aliphatic rings. The molecule has 320 valence electrons. The van der Waals surface area contributed by atoms with E-state index in [-0.39, 0.29) is 12.5 Å². The van der Waals surface area contributed by atoms with Gasteiger partial charge in [0.05, 0.1) is 33.0 Å². The van der Waals surface area contributed by atoms with E-state index in [2.05, 4.69) is 104 Å². The fourth-order valence-corrected chi connectivity index (χ4v) is 7.31. The van der Waals surface area contributed by atoms with E-state index in [1.165, 1.54) is 125 Å². The van der Waals surface area contributed by atoms with Crippen LogP contribution >= 0.6 is 0 Å². The molecule has 58 heavy (non-hydrogen) atoms. The number of aliphatic hydroxyl groups is 1. The predicted octanol–water partition coefficient (Wildman–Crippen LogP) is 14.2. The highest BCUT2D eigenvalue weighted by molar-refractivity contribution is 5.16. The summed E-state index contributed by atoms with van der Waals surface area (Å²) >= 11 is 0. The van der Waals surface area contributed by atoms with Crippen molar-refractivity contribution < 1.29 is 19.3 Å². The van der Waals surface area contributed by atoms with Gasteiger partial charge in [-0.25, -0.2) is 0 Å². The quantitative estimate of drug-likeness (QED) is 0.0479. The van der Waals surface area contributed by atoms with Crippen LogP contribution in [-0.4, -0.2) is 38.1 Å². The zero-order valence-corrected chi connectivity index (χ0v) is 36.5. The van der Waals surface area contributed by atoms with E-state index >= 15 is 0 Å². The number of rotatable bonds is 34. The molecule has 0 unspecified atom stereocenters. The second kappa shape index (κ2) is 35.6. The van der Waals surface area contributed by atoms with Crippen molar-refractivity contribution in [2.45, 2.75) is 149 Å². The second-order valence-corrected chi connectivity index (χ2v) is 16.3. The number of benzene rings is 4. The molecule has 1 N–H and O–H groups in total. The number of ether oxygens (including phenoxy) is 3. The molecule has 0 bridgehead atoms. The van der Waals surface area contributed by atoms with Gasteiger partial charge in [0.1, 0.15) is 0 Å². The second-order valence-electron chi connectivity index (χ2n) is 16.3. The minimum atomic E-state index is 0.182. The van der Waals surface area contributed by atoms with Gasteiger partial charge in [0.15, 0.2) is 0 Å². The molecule has 0 aliphatic carbocycles. The van der Waals surface area contributed by atoms with E-state index in [1.54, 1.807) is 0 Å². The summed E-state index contributed by atoms with van der Waals surface area (Å²) in [6, 6.07) is 41.8. The summed E-state index contributed by atoms with van der Waals surface area (Å²) in [6.07, 6.45) is 26.6. The number of aryl methyl sites for hydroxylation is 2. The van der Waals surface area contributed by atoms with E-state index in [1.807, 2.05) is 24.3 Å². The number of unbranched alkanes of at least 4 members (excludes halogenated alkanes) is 15. The van der Waals surface area contributed by atoms with Gasteiger partial charge < -0.3 is 19.3 Å². The fourth-order valence-electron chi connectivity index (χ4n) is 7.31. The largest absolute Gasteiger partial charge is 0.396 e. The smallest absolute Gasteiger partial charge is 0.0717 e. The molecular weight excluding hydrogens is 713 g/mol. The summed E-state index contributed by atoms with van der Waals surface area (Å²) in [5.74, 6) is 0.652. The lowest BCUT2D eigenvalue weighted by Crippen LogP contribution is -2.18. The molecular formula is C54H80O4. The average molecular weight is 793 g/mol. The van der Waals surface area contributed by atoms with Crippen molar-refractivity contribution in [3.05, 3.63) is 144 Å². The third-order valence-corrected chi connectivity index (χ3v) is 11.1. The summed E-state index contributed by atoms with van der Waals surface area (Å²) in [7, 11) is 0. The Bertz CT molecular complexity index is 1410. The Balaban J connectivity index is 0.000000375. The lowest BCUT2D eigenvalue weighted by Gasteiger charge is -2.18. The van der Waals surface area contributed by atoms with Crippen LogP contribution in [0.2, 0.25) is 0 Å². The Morgan fingerprint density at radius 1 is 0.379 bits per heavy atom. The van der Waals surface area contributed by atoms with E-state index in [0.29, 0.717) is 25.7 Å². The average Bonchev–Trinajstić information content (AvgIpc) is 3.27. The molecule has 4 nitrogen and oxygen atoms in total. The van der Waals surface area contributed by atoms with Gasteiger partial charge in [-0.2, -0.15) is 0 Å². The van der Waals surface area contributed by atoms with Gasteiger partial charge in [0.2, 0.25) is 0 Å². The van der Waals surface area contributed by atoms with Crippen LogP contribution in [-0.2, 0) is 40.3 Å². The Morgan fingerprint density at radius 2 is 0.707 bits per heavy atom. The molecule has 0 spiro atoms. The lowest BCUT2D eigenvalue weighted by atomic mass is 10.0. The minimum Gasteiger partial charge on any atom is -0.396 e. The SMILES string of the molecule is CCCCCCCCCCCCCCCCCCOC[C@@H](CCc1ccccc1)COCc1ccccc1.OC[C@@H](CCc1ccccc1)COCc1ccccc1. The molecule has 4 aromatic rings. The molecule has 0 aromatic heterocycles. The molecule has 4 heteroatoms. The zero-order chi connectivity index (χ0) is 40.8. The van der Waals surface area contributed by atoms with Crippen molar-refractivity contribution in [3.8, 4) is 0 Å². The van der Waals surface area contributed by atoms with Crippen molar-refractivity contribution >= 4 is 0 Å². The minimum absolute atomic E-state index is 0.182. The summed E-state index contributed by atoms with van der Waals surface area (Å²) in [5.41, 5.74) is 5.13. The van der Waals surface area contributed by atoms with Crippen LogP contribution in [0.25, 0.3) is 0 Å². The molecule has 0 heterocycles. The standard InChI is InChI=1S/C36H58O2.C18H22O2/c1-2-3-4-5-6-7-8-9-10-11-12-13-14-15-16-23-30-37-32-36(29-28-34-24-19-17-20-25-34)33-38-31-35-26-21-18-22-27-35;19-13-18(12-11-16-7-3-1-4-8-16)15-20-14-17-9-5-2-6-10-17/h17-22,24-27,36H,2-16,23,28-33H2,1H3;1-10,18-19H,11-15H2/t36-;18-/m11/s1. The van der Waals surface area contributed by atoms with Crippen LogP contribution < -0.4 is 0 Å². The highest BCUT2D eigenvalue weighted by Gasteiger charge is 2.11. The van der Waals surface area contributed by atoms with Crippen LogP contribution in [0.15, 0.2) is 121 Å². The Kier molecular flexibility index (Phi) is 30.2. The third-order valence-electron chi connectivity index (χ3n) is 11.1. The highest BCUT2D eigenvalue weighted by Crippen LogP contribution is 2.16. The van der Waals surface area contributed by atoms with E-state index in [0.717, 1.165) is 45.5 Å². The molecule has 4 aromatic carbocycles. The van der Waals surface area contributed by atoms with Crippen molar-refractivity contribution in [3.63, 3.8) is 0 Å². The van der Waals surface area contributed by atoms with Crippen molar-refractivity contribution in [1.29, 1.82) is 0 Å². The van der Waals surface area contributed by atoms with Crippen LogP contribution in [0, 0.1) is 11.8 Å². The topological polar surface area (TPSA) is 47.9 Å². The highest BCUT2D eigenvalue weighted by atomic mass is 16.5. The number of hydrogen-bond acceptors (Lipinski definition) is 4. The first-order valence-electron chi connectivity index (χ1n) is 23.3. The Morgan fingerprint density at radius 3 is 1.10 bits per heavy atom. The molecule has 0 amide bonds. The van der Waals surface area contributed by atoms with Gasteiger partial charge in [-0.3, -0.25) is 0 Å². The van der Waals surface area contributed by atoms with Gasteiger partial charge in [-0.05, 0) is 54.4 Å². The van der Waals surface area contributed by atoms with Crippen LogP contribution in [0.1, 0.15) is 145 Å². The summed E-state index contributed by atoms with van der Waals surface area (Å²) < 4.78 is 17.9. The van der Waals surface area contributed by atoms with Crippen molar-refractivity contribution in [1.82, 2.24) is 0 Å². The van der Waals surface area contributed by atoms with Gasteiger partial charge in [-0.1, -0.05) is 225 Å². The van der Waals surface area contributed by atoms with Crippen molar-refractivity contribution in [2.75, 3.05) is 33.0 Å². The summed E-state index contributed by atoms with van der Waals surface area (Å²) in [6.45, 7) is 6.84. The summed E-state index contributed by atoms with van der Waals surface area (Å²) in [5, 5.41) is 9.42. The molecule has 0 fully saturated rings. The number of hydrogen-bond donors (Lipinski definition) is 1. The molecule has 0 saturated heterocycles. The third kappa shape index (κ3) is 26.7. The van der Waals surface area contributed by atoms with Crippen LogP contribution in [0.5, 0.6) is 0 Å². The van der Waals surface area contributed by atoms with E-state index in [4.69, 9.17) is 14.2 Å². The molecule has 0 radical (unpaired) electrons. The predicted molar refractivity (Wildman–Crippen MR) is 246 cm³/mol. The van der Waals surface area contributed by atoms with Crippen LogP contribution in [0.4, 0.5) is 0 Å². The first kappa shape index (κ1) is 49.1. The maximum absolute atomic E-state index is 9.42. The van der Waals surface area contributed by atoms with Gasteiger partial charge in [0, 0.05) is 25.0 Å². The maximum Gasteiger partial charge on any atom is 0.0717 e. The van der Waals surface area contributed by atoms with Crippen LogP contribution in [0.3, 0.4) is 0 Å². The van der Waals surface area contributed by atoms with Gasteiger partial charge >= 0.3 is 0 Å². The number of aliphatic hydroxyl groups excluding tert-OH is 1. The molecule has 0 aliphatic heterocycles. The first-order chi connectivity index (χ1) is 28.8. The monoisotopic (exact) mass is 793 g/mol. The first-order valence-corrected chi connectivity index (χ1v) is 23.3. The van der Waals surface area contributed by atoms with Gasteiger partial charge in [-0.15, -0.1) is 0 Å². The Labute approximate surface area is 355 Å². The van der Waals surface area contributed by atoms with Crippen molar-refractivity contribution in [2.24, 2.45) is 11.8 Å². The Hall–Kier alpha value is -3.28. The van der Waals surface area contributed by atoms with E-state index in [9.17, 15) is 5.11 Å². The normalized spacial score (nSPS) is 12.2. The zero-order valence-electron chi connectivity index (χ0n) is 36.5. The summed E-state index contributed by atoms with van der Waals surface area (Å²) in [4.78, 5) is 0. The van der Waals surface area contributed by atoms with Gasteiger partial charge in [0.25, 0.3) is 0 Å². The molecule has 2 atom stereocenters. The van der Waals surface area contributed by atoms with E-state index < -0.39 is 0 Å². The lowest BCUT2D eigenvalue weighted by molar-refractivity contribution is 0.0288.